The van der Waals surface area contributed by atoms with Crippen molar-refractivity contribution in [3.05, 3.63) is 78.1 Å². The molecule has 6 heteroatoms. The molecule has 3 aromatic rings. The molecule has 3 aromatic carbocycles. The summed E-state index contributed by atoms with van der Waals surface area (Å²) in [5.41, 5.74) is 11.7. The van der Waals surface area contributed by atoms with Crippen LogP contribution in [0.5, 0.6) is 0 Å². The lowest BCUT2D eigenvalue weighted by Crippen LogP contribution is -2.17. The van der Waals surface area contributed by atoms with Gasteiger partial charge in [0.1, 0.15) is 5.82 Å². The molecule has 148 valence electrons. The van der Waals surface area contributed by atoms with Gasteiger partial charge in [-0.15, -0.1) is 0 Å². The third-order valence-corrected chi connectivity index (χ3v) is 4.99. The average Bonchev–Trinajstić information content (AvgIpc) is 3.28. The zero-order valence-electron chi connectivity index (χ0n) is 16.4. The Hall–Kier alpha value is -3.41. The number of hydrogen-bond donors (Lipinski definition) is 2. The van der Waals surface area contributed by atoms with Crippen LogP contribution in [0, 0.1) is 12.7 Å². The first-order valence-electron chi connectivity index (χ1n) is 9.82. The van der Waals surface area contributed by atoms with Crippen LogP contribution in [0.4, 0.5) is 32.8 Å². The summed E-state index contributed by atoms with van der Waals surface area (Å²) in [5, 5.41) is 8.77. The first-order valence-corrected chi connectivity index (χ1v) is 9.82. The number of hydrogen-bond acceptors (Lipinski definition) is 5. The number of aryl methyl sites for hydroxylation is 1. The van der Waals surface area contributed by atoms with E-state index in [2.05, 4.69) is 38.1 Å². The van der Waals surface area contributed by atoms with Crippen LogP contribution in [0.1, 0.15) is 18.4 Å². The van der Waals surface area contributed by atoms with E-state index < -0.39 is 0 Å². The summed E-state index contributed by atoms with van der Waals surface area (Å²) < 4.78 is 13.0. The second-order valence-electron chi connectivity index (χ2n) is 7.17. The van der Waals surface area contributed by atoms with Gasteiger partial charge in [0.2, 0.25) is 0 Å². The lowest BCUT2D eigenvalue weighted by atomic mass is 10.2. The highest BCUT2D eigenvalue weighted by Crippen LogP contribution is 2.27. The fraction of sp³-hybridized carbons (Fsp3) is 0.217. The minimum atomic E-state index is -0.258. The number of benzene rings is 3. The van der Waals surface area contributed by atoms with E-state index >= 15 is 0 Å². The van der Waals surface area contributed by atoms with E-state index in [1.54, 1.807) is 12.1 Å². The van der Waals surface area contributed by atoms with E-state index in [1.807, 2.05) is 37.3 Å². The van der Waals surface area contributed by atoms with Gasteiger partial charge in [0.05, 0.1) is 22.7 Å². The van der Waals surface area contributed by atoms with Crippen molar-refractivity contribution in [3.8, 4) is 0 Å². The third-order valence-electron chi connectivity index (χ3n) is 4.99. The SMILES string of the molecule is Cc1cc(NNc2ccc(F)cc2)ccc1N=Nc1ccc(N2CCCC2)cc1. The first-order chi connectivity index (χ1) is 14.2. The van der Waals surface area contributed by atoms with Crippen LogP contribution < -0.4 is 15.8 Å². The second kappa shape index (κ2) is 8.73. The zero-order valence-corrected chi connectivity index (χ0v) is 16.4. The summed E-state index contributed by atoms with van der Waals surface area (Å²) in [6, 6.07) is 20.2. The smallest absolute Gasteiger partial charge is 0.123 e. The van der Waals surface area contributed by atoms with E-state index in [4.69, 9.17) is 0 Å². The van der Waals surface area contributed by atoms with Crippen LogP contribution in [-0.4, -0.2) is 13.1 Å². The van der Waals surface area contributed by atoms with Gasteiger partial charge in [-0.3, -0.25) is 0 Å². The molecule has 0 aromatic heterocycles. The van der Waals surface area contributed by atoms with E-state index in [1.165, 1.54) is 30.7 Å². The van der Waals surface area contributed by atoms with E-state index in [0.29, 0.717) is 0 Å². The molecule has 0 unspecified atom stereocenters. The summed E-state index contributed by atoms with van der Waals surface area (Å²) in [5.74, 6) is -0.258. The standard InChI is InChI=1S/C23H24FN5/c1-17-16-21(27-25-19-6-4-18(24)5-7-19)10-13-23(17)28-26-20-8-11-22(12-9-20)29-14-2-3-15-29/h4-13,16,25,27H,2-3,14-15H2,1H3. The number of nitrogens with one attached hydrogen (secondary N) is 2. The van der Waals surface area contributed by atoms with Crippen LogP contribution in [0.3, 0.4) is 0 Å². The Morgan fingerprint density at radius 2 is 1.45 bits per heavy atom. The minimum absolute atomic E-state index is 0.258. The van der Waals surface area contributed by atoms with E-state index in [9.17, 15) is 4.39 Å². The van der Waals surface area contributed by atoms with Crippen molar-refractivity contribution in [2.45, 2.75) is 19.8 Å². The van der Waals surface area contributed by atoms with E-state index in [0.717, 1.165) is 41.4 Å². The molecule has 29 heavy (non-hydrogen) atoms. The molecule has 0 amide bonds. The zero-order chi connectivity index (χ0) is 20.1. The fourth-order valence-electron chi connectivity index (χ4n) is 3.34. The largest absolute Gasteiger partial charge is 0.372 e. The molecule has 5 nitrogen and oxygen atoms in total. The molecule has 0 atom stereocenters. The van der Waals surface area contributed by atoms with Gasteiger partial charge < -0.3 is 15.8 Å². The highest BCUT2D eigenvalue weighted by molar-refractivity contribution is 5.59. The molecule has 1 saturated heterocycles. The Morgan fingerprint density at radius 3 is 2.14 bits per heavy atom. The molecule has 1 heterocycles. The summed E-state index contributed by atoms with van der Waals surface area (Å²) in [4.78, 5) is 2.40. The third kappa shape index (κ3) is 4.90. The first kappa shape index (κ1) is 18.9. The maximum Gasteiger partial charge on any atom is 0.123 e. The van der Waals surface area contributed by atoms with Crippen molar-refractivity contribution in [2.24, 2.45) is 10.2 Å². The monoisotopic (exact) mass is 389 g/mol. The molecular formula is C23H24FN5. The van der Waals surface area contributed by atoms with Gasteiger partial charge in [0.15, 0.2) is 0 Å². The minimum Gasteiger partial charge on any atom is -0.372 e. The molecule has 0 saturated carbocycles. The van der Waals surface area contributed by atoms with Gasteiger partial charge in [0.25, 0.3) is 0 Å². The number of halogens is 1. The second-order valence-corrected chi connectivity index (χ2v) is 7.17. The molecule has 4 rings (SSSR count). The van der Waals surface area contributed by atoms with Gasteiger partial charge >= 0.3 is 0 Å². The van der Waals surface area contributed by atoms with Crippen molar-refractivity contribution in [1.82, 2.24) is 0 Å². The number of azo groups is 1. The lowest BCUT2D eigenvalue weighted by Gasteiger charge is -2.17. The van der Waals surface area contributed by atoms with Crippen molar-refractivity contribution < 1.29 is 4.39 Å². The normalized spacial score (nSPS) is 13.8. The predicted molar refractivity (Wildman–Crippen MR) is 117 cm³/mol. The van der Waals surface area contributed by atoms with Gasteiger partial charge in [-0.1, -0.05) is 0 Å². The maximum atomic E-state index is 13.0. The van der Waals surface area contributed by atoms with Crippen molar-refractivity contribution in [3.63, 3.8) is 0 Å². The Morgan fingerprint density at radius 1 is 0.793 bits per heavy atom. The summed E-state index contributed by atoms with van der Waals surface area (Å²) >= 11 is 0. The summed E-state index contributed by atoms with van der Waals surface area (Å²) in [6.07, 6.45) is 2.54. The predicted octanol–water partition coefficient (Wildman–Crippen LogP) is 6.59. The molecule has 0 bridgehead atoms. The van der Waals surface area contributed by atoms with Gasteiger partial charge in [-0.25, -0.2) is 4.39 Å². The van der Waals surface area contributed by atoms with Crippen molar-refractivity contribution in [2.75, 3.05) is 28.8 Å². The fourth-order valence-corrected chi connectivity index (χ4v) is 3.34. The molecule has 1 aliphatic heterocycles. The Bertz CT molecular complexity index is 977. The summed E-state index contributed by atoms with van der Waals surface area (Å²) in [7, 11) is 0. The van der Waals surface area contributed by atoms with Crippen LogP contribution in [0.15, 0.2) is 77.0 Å². The molecule has 1 fully saturated rings. The highest BCUT2D eigenvalue weighted by atomic mass is 19.1. The number of anilines is 3. The Labute approximate surface area is 170 Å². The van der Waals surface area contributed by atoms with E-state index in [-0.39, 0.29) is 5.82 Å². The van der Waals surface area contributed by atoms with Gasteiger partial charge in [-0.05, 0) is 92.1 Å². The van der Waals surface area contributed by atoms with Crippen LogP contribution in [0.25, 0.3) is 0 Å². The average molecular weight is 389 g/mol. The molecule has 2 N–H and O–H groups in total. The van der Waals surface area contributed by atoms with Gasteiger partial charge in [-0.2, -0.15) is 10.2 Å². The molecular weight excluding hydrogens is 365 g/mol. The van der Waals surface area contributed by atoms with Crippen LogP contribution in [0.2, 0.25) is 0 Å². The van der Waals surface area contributed by atoms with Crippen LogP contribution >= 0.6 is 0 Å². The number of hydrazine groups is 1. The number of rotatable bonds is 6. The molecule has 0 aliphatic carbocycles. The topological polar surface area (TPSA) is 52.0 Å². The van der Waals surface area contributed by atoms with Crippen molar-refractivity contribution in [1.29, 1.82) is 0 Å². The lowest BCUT2D eigenvalue weighted by molar-refractivity contribution is 0.628. The van der Waals surface area contributed by atoms with Crippen LogP contribution in [-0.2, 0) is 0 Å². The van der Waals surface area contributed by atoms with Crippen molar-refractivity contribution >= 4 is 28.4 Å². The highest BCUT2D eigenvalue weighted by Gasteiger charge is 2.11. The molecule has 0 spiro atoms. The maximum absolute atomic E-state index is 13.0. The Kier molecular flexibility index (Phi) is 5.70. The quantitative estimate of drug-likeness (QED) is 0.369. The Balaban J connectivity index is 1.37. The van der Waals surface area contributed by atoms with Gasteiger partial charge in [0, 0.05) is 18.8 Å². The number of nitrogens with zero attached hydrogens (tertiary/aromatic N) is 3. The molecule has 0 radical (unpaired) electrons. The summed E-state index contributed by atoms with van der Waals surface area (Å²) in [6.45, 7) is 4.26. The molecule has 1 aliphatic rings.